The molecule has 2 aromatic carbocycles. The molecule has 0 atom stereocenters. The average molecular weight is 551 g/mol. The van der Waals surface area contributed by atoms with E-state index in [1.807, 2.05) is 24.3 Å². The Labute approximate surface area is 235 Å². The van der Waals surface area contributed by atoms with E-state index in [1.54, 1.807) is 24.3 Å². The van der Waals surface area contributed by atoms with Gasteiger partial charge in [-0.15, -0.1) is 0 Å². The highest BCUT2D eigenvalue weighted by Gasteiger charge is 2.07. The first-order valence-electron chi connectivity index (χ1n) is 13.5. The molecule has 2 rings (SSSR count). The van der Waals surface area contributed by atoms with Gasteiger partial charge in [-0.1, -0.05) is 13.2 Å². The smallest absolute Gasteiger partial charge is 0.338 e. The predicted molar refractivity (Wildman–Crippen MR) is 152 cm³/mol. The van der Waals surface area contributed by atoms with Crippen molar-refractivity contribution in [2.45, 2.75) is 51.4 Å². The molecule has 0 saturated heterocycles. The number of nitrogens with zero attached hydrogens (tertiary/aromatic N) is 2. The summed E-state index contributed by atoms with van der Waals surface area (Å²) in [5.41, 5.74) is 1.75. The second-order valence-corrected chi connectivity index (χ2v) is 8.80. The maximum atomic E-state index is 12.2. The van der Waals surface area contributed by atoms with Gasteiger partial charge in [0.2, 0.25) is 0 Å². The lowest BCUT2D eigenvalue weighted by atomic mass is 10.2. The van der Waals surface area contributed by atoms with E-state index >= 15 is 0 Å². The largest absolute Gasteiger partial charge is 0.494 e. The highest BCUT2D eigenvalue weighted by Crippen LogP contribution is 2.22. The van der Waals surface area contributed by atoms with E-state index in [-0.39, 0.29) is 11.9 Å². The van der Waals surface area contributed by atoms with E-state index in [0.29, 0.717) is 43.4 Å². The van der Waals surface area contributed by atoms with Crippen molar-refractivity contribution in [3.8, 4) is 5.75 Å². The van der Waals surface area contributed by atoms with Crippen molar-refractivity contribution in [2.24, 2.45) is 10.2 Å². The summed E-state index contributed by atoms with van der Waals surface area (Å²) in [4.78, 5) is 34.1. The van der Waals surface area contributed by atoms with Gasteiger partial charge in [-0.3, -0.25) is 0 Å². The highest BCUT2D eigenvalue weighted by atomic mass is 16.5. The third kappa shape index (κ3) is 14.0. The van der Waals surface area contributed by atoms with Crippen LogP contribution in [0.15, 0.2) is 84.1 Å². The number of azo groups is 1. The van der Waals surface area contributed by atoms with Crippen molar-refractivity contribution >= 4 is 29.3 Å². The van der Waals surface area contributed by atoms with Crippen molar-refractivity contribution in [1.29, 1.82) is 0 Å². The van der Waals surface area contributed by atoms with Crippen LogP contribution in [0.3, 0.4) is 0 Å². The van der Waals surface area contributed by atoms with E-state index in [2.05, 4.69) is 23.4 Å². The van der Waals surface area contributed by atoms with E-state index in [4.69, 9.17) is 18.9 Å². The molecule has 0 aliphatic heterocycles. The fourth-order valence-electron chi connectivity index (χ4n) is 3.41. The Morgan fingerprint density at radius 1 is 0.575 bits per heavy atom. The minimum absolute atomic E-state index is 0.335. The molecule has 40 heavy (non-hydrogen) atoms. The summed E-state index contributed by atoms with van der Waals surface area (Å²) < 4.78 is 20.9. The van der Waals surface area contributed by atoms with E-state index in [9.17, 15) is 14.4 Å². The van der Waals surface area contributed by atoms with Crippen LogP contribution in [0.1, 0.15) is 61.7 Å². The maximum absolute atomic E-state index is 12.2. The minimum Gasteiger partial charge on any atom is -0.494 e. The van der Waals surface area contributed by atoms with Crippen LogP contribution in [0.4, 0.5) is 11.4 Å². The van der Waals surface area contributed by atoms with Gasteiger partial charge in [0, 0.05) is 12.2 Å². The minimum atomic E-state index is -0.413. The Morgan fingerprint density at radius 2 is 1.00 bits per heavy atom. The van der Waals surface area contributed by atoms with Crippen molar-refractivity contribution in [3.63, 3.8) is 0 Å². The quantitative estimate of drug-likeness (QED) is 0.0562. The third-order valence-electron chi connectivity index (χ3n) is 5.62. The van der Waals surface area contributed by atoms with E-state index < -0.39 is 5.97 Å². The number of rotatable bonds is 20. The Morgan fingerprint density at radius 3 is 1.48 bits per heavy atom. The number of hydrogen-bond donors (Lipinski definition) is 0. The first kappa shape index (κ1) is 31.9. The Hall–Kier alpha value is -4.27. The first-order chi connectivity index (χ1) is 19.5. The molecule has 0 aliphatic rings. The van der Waals surface area contributed by atoms with Crippen LogP contribution in [0.25, 0.3) is 0 Å². The van der Waals surface area contributed by atoms with Gasteiger partial charge >= 0.3 is 17.9 Å². The number of carbonyl (C=O) groups is 3. The molecule has 0 fully saturated rings. The number of ether oxygens (including phenoxy) is 4. The molecule has 0 radical (unpaired) electrons. The molecular formula is C31H38N2O7. The molecular weight excluding hydrogens is 512 g/mol. The molecule has 9 heteroatoms. The van der Waals surface area contributed by atoms with Crippen molar-refractivity contribution in [1.82, 2.24) is 0 Å². The van der Waals surface area contributed by atoms with Crippen LogP contribution >= 0.6 is 0 Å². The zero-order valence-electron chi connectivity index (χ0n) is 22.9. The SMILES string of the molecule is C=CC(=O)OCCCCCCOC(=O)c1ccc(N=Nc2ccc(OCCCCCCOC(=O)C=C)cc2)cc1. The molecule has 9 nitrogen and oxygen atoms in total. The monoisotopic (exact) mass is 550 g/mol. The molecule has 0 heterocycles. The van der Waals surface area contributed by atoms with Crippen LogP contribution in [0, 0.1) is 0 Å². The van der Waals surface area contributed by atoms with Gasteiger partial charge in [0.15, 0.2) is 0 Å². The van der Waals surface area contributed by atoms with Gasteiger partial charge in [-0.05, 0) is 99.9 Å². The topological polar surface area (TPSA) is 113 Å². The first-order valence-corrected chi connectivity index (χ1v) is 13.5. The Balaban J connectivity index is 1.60. The Bertz CT molecular complexity index is 1100. The molecule has 0 aromatic heterocycles. The highest BCUT2D eigenvalue weighted by molar-refractivity contribution is 5.89. The number of benzene rings is 2. The number of unbranched alkanes of at least 4 members (excludes halogenated alkanes) is 6. The van der Waals surface area contributed by atoms with Crippen molar-refractivity contribution in [2.75, 3.05) is 26.4 Å². The van der Waals surface area contributed by atoms with Crippen LogP contribution in [-0.2, 0) is 23.8 Å². The van der Waals surface area contributed by atoms with Crippen LogP contribution in [0.5, 0.6) is 5.75 Å². The van der Waals surface area contributed by atoms with Crippen LogP contribution < -0.4 is 4.74 Å². The van der Waals surface area contributed by atoms with Gasteiger partial charge in [0.05, 0.1) is 43.4 Å². The van der Waals surface area contributed by atoms with Gasteiger partial charge in [0.1, 0.15) is 5.75 Å². The molecule has 0 aliphatic carbocycles. The van der Waals surface area contributed by atoms with E-state index in [0.717, 1.165) is 63.2 Å². The molecule has 214 valence electrons. The van der Waals surface area contributed by atoms with Crippen LogP contribution in [0.2, 0.25) is 0 Å². The number of esters is 3. The molecule has 0 bridgehead atoms. The van der Waals surface area contributed by atoms with Gasteiger partial charge in [-0.25, -0.2) is 14.4 Å². The second-order valence-electron chi connectivity index (χ2n) is 8.80. The summed E-state index contributed by atoms with van der Waals surface area (Å²) in [6.45, 7) is 8.44. The van der Waals surface area contributed by atoms with Crippen molar-refractivity contribution in [3.05, 3.63) is 79.4 Å². The molecule has 2 aromatic rings. The lowest BCUT2D eigenvalue weighted by Crippen LogP contribution is -2.06. The predicted octanol–water partition coefficient (Wildman–Crippen LogP) is 7.22. The number of hydrogen-bond acceptors (Lipinski definition) is 9. The third-order valence-corrected chi connectivity index (χ3v) is 5.62. The average Bonchev–Trinajstić information content (AvgIpc) is 2.99. The fraction of sp³-hybridized carbons (Fsp3) is 0.387. The summed E-state index contributed by atoms with van der Waals surface area (Å²) >= 11 is 0. The van der Waals surface area contributed by atoms with Gasteiger partial charge < -0.3 is 18.9 Å². The van der Waals surface area contributed by atoms with E-state index in [1.165, 1.54) is 6.08 Å². The normalized spacial score (nSPS) is 10.6. The zero-order valence-corrected chi connectivity index (χ0v) is 22.9. The fourth-order valence-corrected chi connectivity index (χ4v) is 3.41. The van der Waals surface area contributed by atoms with Gasteiger partial charge in [-0.2, -0.15) is 10.2 Å². The molecule has 0 unspecified atom stereocenters. The summed E-state index contributed by atoms with van der Waals surface area (Å²) in [6, 6.07) is 14.1. The van der Waals surface area contributed by atoms with Crippen molar-refractivity contribution < 1.29 is 33.3 Å². The summed E-state index contributed by atoms with van der Waals surface area (Å²) in [5, 5.41) is 8.45. The zero-order chi connectivity index (χ0) is 28.8. The lowest BCUT2D eigenvalue weighted by molar-refractivity contribution is -0.138. The van der Waals surface area contributed by atoms with Gasteiger partial charge in [0.25, 0.3) is 0 Å². The molecule has 0 N–H and O–H groups in total. The second kappa shape index (κ2) is 19.7. The Kier molecular flexibility index (Phi) is 15.8. The summed E-state index contributed by atoms with van der Waals surface area (Å²) in [5.74, 6) is -0.419. The lowest BCUT2D eigenvalue weighted by Gasteiger charge is -2.06. The maximum Gasteiger partial charge on any atom is 0.338 e. The summed E-state index contributed by atoms with van der Waals surface area (Å²) in [6.07, 6.45) is 9.29. The number of carbonyl (C=O) groups excluding carboxylic acids is 3. The molecule has 0 saturated carbocycles. The molecule has 0 spiro atoms. The summed E-state index contributed by atoms with van der Waals surface area (Å²) in [7, 11) is 0. The molecule has 0 amide bonds. The standard InChI is InChI=1S/C31H38N2O7/c1-3-29(34)38-22-10-6-5-9-21-37-28-19-17-27(18-20-28)33-32-26-15-13-25(14-16-26)31(36)40-24-12-8-7-11-23-39-30(35)4-2/h3-4,13-20H,1-2,5-12,21-24H2. The van der Waals surface area contributed by atoms with Crippen LogP contribution in [-0.4, -0.2) is 44.3 Å².